The molecule has 0 bridgehead atoms. The minimum atomic E-state index is -3.56. The summed E-state index contributed by atoms with van der Waals surface area (Å²) in [7, 11) is -3.56. The van der Waals surface area contributed by atoms with E-state index in [2.05, 4.69) is 0 Å². The Morgan fingerprint density at radius 3 is 2.65 bits per heavy atom. The van der Waals surface area contributed by atoms with Crippen LogP contribution in [0, 0.1) is 0 Å². The molecule has 0 spiro atoms. The van der Waals surface area contributed by atoms with E-state index in [1.54, 1.807) is 31.1 Å². The zero-order chi connectivity index (χ0) is 16.9. The summed E-state index contributed by atoms with van der Waals surface area (Å²) in [5.41, 5.74) is 0. The van der Waals surface area contributed by atoms with Crippen LogP contribution in [0.1, 0.15) is 51.3 Å². The second kappa shape index (κ2) is 7.97. The van der Waals surface area contributed by atoms with Crippen LogP contribution in [-0.2, 0) is 14.8 Å². The predicted molar refractivity (Wildman–Crippen MR) is 88.3 cm³/mol. The van der Waals surface area contributed by atoms with E-state index in [-0.39, 0.29) is 11.9 Å². The Bertz CT molecular complexity index is 594. The van der Waals surface area contributed by atoms with Crippen LogP contribution in [0.2, 0.25) is 0 Å². The van der Waals surface area contributed by atoms with Gasteiger partial charge in [0.05, 0.1) is 12.3 Å². The molecule has 130 valence electrons. The molecule has 1 aliphatic heterocycles. The number of hydrogen-bond donors (Lipinski definition) is 0. The third-order valence-corrected chi connectivity index (χ3v) is 6.26. The summed E-state index contributed by atoms with van der Waals surface area (Å²) in [4.78, 5) is 14.4. The Hall–Kier alpha value is -1.34. The van der Waals surface area contributed by atoms with E-state index in [9.17, 15) is 13.2 Å². The van der Waals surface area contributed by atoms with E-state index < -0.39 is 15.8 Å². The minimum absolute atomic E-state index is 0.160. The molecular formula is C16H26N2O4S. The molecule has 1 aromatic rings. The smallest absolute Gasteiger partial charge is 0.239 e. The van der Waals surface area contributed by atoms with Crippen LogP contribution < -0.4 is 0 Å². The summed E-state index contributed by atoms with van der Waals surface area (Å²) in [6.07, 6.45) is 5.36. The monoisotopic (exact) mass is 342 g/mol. The number of carbonyl (C=O) groups excluding carboxylic acids is 1. The second-order valence-corrected chi connectivity index (χ2v) is 7.78. The van der Waals surface area contributed by atoms with Gasteiger partial charge in [0.1, 0.15) is 11.5 Å². The predicted octanol–water partition coefficient (Wildman–Crippen LogP) is 2.39. The van der Waals surface area contributed by atoms with Crippen LogP contribution in [0.15, 0.2) is 22.8 Å². The first-order valence-corrected chi connectivity index (χ1v) is 9.91. The van der Waals surface area contributed by atoms with Crippen molar-refractivity contribution in [2.75, 3.05) is 25.4 Å². The van der Waals surface area contributed by atoms with Gasteiger partial charge in [0.25, 0.3) is 0 Å². The fourth-order valence-corrected chi connectivity index (χ4v) is 4.58. The molecule has 0 aliphatic carbocycles. The molecule has 23 heavy (non-hydrogen) atoms. The molecule has 0 saturated carbocycles. The van der Waals surface area contributed by atoms with Gasteiger partial charge in [-0.1, -0.05) is 26.7 Å². The zero-order valence-electron chi connectivity index (χ0n) is 13.9. The third kappa shape index (κ3) is 4.35. The highest BCUT2D eigenvalue weighted by molar-refractivity contribution is 7.89. The van der Waals surface area contributed by atoms with Crippen LogP contribution in [-0.4, -0.2) is 48.9 Å². The Morgan fingerprint density at radius 2 is 2.04 bits per heavy atom. The zero-order valence-corrected chi connectivity index (χ0v) is 14.7. The van der Waals surface area contributed by atoms with Crippen molar-refractivity contribution in [1.29, 1.82) is 0 Å². The van der Waals surface area contributed by atoms with Crippen molar-refractivity contribution >= 4 is 15.9 Å². The second-order valence-electron chi connectivity index (χ2n) is 5.81. The van der Waals surface area contributed by atoms with Crippen LogP contribution in [0.25, 0.3) is 0 Å². The fourth-order valence-electron chi connectivity index (χ4n) is 3.13. The van der Waals surface area contributed by atoms with Gasteiger partial charge >= 0.3 is 0 Å². The van der Waals surface area contributed by atoms with Crippen LogP contribution in [0.5, 0.6) is 0 Å². The molecule has 6 nitrogen and oxygen atoms in total. The average Bonchev–Trinajstić information content (AvgIpc) is 2.91. The van der Waals surface area contributed by atoms with E-state index in [1.807, 2.05) is 6.07 Å². The van der Waals surface area contributed by atoms with Gasteiger partial charge in [0.15, 0.2) is 0 Å². The number of furan rings is 1. The average molecular weight is 342 g/mol. The maximum Gasteiger partial charge on any atom is 0.239 e. The van der Waals surface area contributed by atoms with Gasteiger partial charge in [0, 0.05) is 19.6 Å². The van der Waals surface area contributed by atoms with Crippen molar-refractivity contribution in [3.8, 4) is 0 Å². The summed E-state index contributed by atoms with van der Waals surface area (Å²) >= 11 is 0. The standard InChI is InChI=1S/C16H26N2O4S/c1-3-17(4-2)23(20,21)13-16(19)18-11-7-5-6-9-14(18)15-10-8-12-22-15/h8,10,12,14H,3-7,9,11,13H2,1-2H3. The van der Waals surface area contributed by atoms with E-state index >= 15 is 0 Å². The molecule has 0 radical (unpaired) electrons. The summed E-state index contributed by atoms with van der Waals surface area (Å²) in [5, 5.41) is 0. The Kier molecular flexibility index (Phi) is 6.24. The number of carbonyl (C=O) groups is 1. The van der Waals surface area contributed by atoms with E-state index in [0.717, 1.165) is 31.4 Å². The number of hydrogen-bond acceptors (Lipinski definition) is 4. The first-order chi connectivity index (χ1) is 11.0. The fraction of sp³-hybridized carbons (Fsp3) is 0.688. The molecule has 2 heterocycles. The summed E-state index contributed by atoms with van der Waals surface area (Å²) < 4.78 is 31.6. The summed E-state index contributed by atoms with van der Waals surface area (Å²) in [6.45, 7) is 4.91. The van der Waals surface area contributed by atoms with Crippen LogP contribution in [0.4, 0.5) is 0 Å². The molecule has 1 saturated heterocycles. The highest BCUT2D eigenvalue weighted by atomic mass is 32.2. The van der Waals surface area contributed by atoms with E-state index in [0.29, 0.717) is 19.6 Å². The van der Waals surface area contributed by atoms with Gasteiger partial charge < -0.3 is 9.32 Å². The Labute approximate surface area is 138 Å². The lowest BCUT2D eigenvalue weighted by Gasteiger charge is -2.29. The quantitative estimate of drug-likeness (QED) is 0.796. The maximum atomic E-state index is 12.7. The molecule has 1 aliphatic rings. The first-order valence-electron chi connectivity index (χ1n) is 8.30. The Morgan fingerprint density at radius 1 is 1.30 bits per heavy atom. The lowest BCUT2D eigenvalue weighted by molar-refractivity contribution is -0.131. The van der Waals surface area contributed by atoms with E-state index in [4.69, 9.17) is 4.42 Å². The van der Waals surface area contributed by atoms with Crippen LogP contribution in [0.3, 0.4) is 0 Å². The molecule has 1 unspecified atom stereocenters. The van der Waals surface area contributed by atoms with Gasteiger partial charge in [-0.25, -0.2) is 12.7 Å². The largest absolute Gasteiger partial charge is 0.467 e. The molecule has 7 heteroatoms. The van der Waals surface area contributed by atoms with Crippen LogP contribution >= 0.6 is 0 Å². The molecule has 2 rings (SSSR count). The topological polar surface area (TPSA) is 70.8 Å². The normalized spacial score (nSPS) is 19.8. The molecule has 1 aromatic heterocycles. The lowest BCUT2D eigenvalue weighted by Crippen LogP contribution is -2.42. The highest BCUT2D eigenvalue weighted by Crippen LogP contribution is 2.30. The Balaban J connectivity index is 2.17. The molecule has 1 atom stereocenters. The molecule has 1 fully saturated rings. The first kappa shape index (κ1) is 18.0. The third-order valence-electron chi connectivity index (χ3n) is 4.35. The number of sulfonamides is 1. The van der Waals surface area contributed by atoms with Crippen molar-refractivity contribution in [3.05, 3.63) is 24.2 Å². The van der Waals surface area contributed by atoms with E-state index in [1.165, 1.54) is 4.31 Å². The highest BCUT2D eigenvalue weighted by Gasteiger charge is 2.32. The molecule has 0 N–H and O–H groups in total. The molecule has 0 aromatic carbocycles. The maximum absolute atomic E-state index is 12.7. The van der Waals surface area contributed by atoms with Crippen molar-refractivity contribution < 1.29 is 17.6 Å². The number of rotatable bonds is 6. The van der Waals surface area contributed by atoms with Gasteiger partial charge in [0.2, 0.25) is 15.9 Å². The summed E-state index contributed by atoms with van der Waals surface area (Å²) in [5.74, 6) is -0.0630. The van der Waals surface area contributed by atoms with Gasteiger partial charge in [-0.2, -0.15) is 0 Å². The van der Waals surface area contributed by atoms with Crippen molar-refractivity contribution in [2.45, 2.75) is 45.6 Å². The summed E-state index contributed by atoms with van der Waals surface area (Å²) in [6, 6.07) is 3.50. The SMILES string of the molecule is CCN(CC)S(=O)(=O)CC(=O)N1CCCCCC1c1ccco1. The van der Waals surface area contributed by atoms with Crippen molar-refractivity contribution in [1.82, 2.24) is 9.21 Å². The van der Waals surface area contributed by atoms with Crippen molar-refractivity contribution in [2.24, 2.45) is 0 Å². The molecule has 1 amide bonds. The van der Waals surface area contributed by atoms with Gasteiger partial charge in [-0.05, 0) is 25.0 Å². The van der Waals surface area contributed by atoms with Gasteiger partial charge in [-0.3, -0.25) is 4.79 Å². The van der Waals surface area contributed by atoms with Crippen molar-refractivity contribution in [3.63, 3.8) is 0 Å². The number of likely N-dealkylation sites (tertiary alicyclic amines) is 1. The van der Waals surface area contributed by atoms with Gasteiger partial charge in [-0.15, -0.1) is 0 Å². The number of nitrogens with zero attached hydrogens (tertiary/aromatic N) is 2. The minimum Gasteiger partial charge on any atom is -0.467 e. The lowest BCUT2D eigenvalue weighted by atomic mass is 10.1. The number of amides is 1. The molecular weight excluding hydrogens is 316 g/mol.